The maximum Gasteiger partial charge on any atom is 0.472 e. The number of carbonyl (C=O) groups excluding carboxylic acids is 1. The van der Waals surface area contributed by atoms with Crippen LogP contribution in [0.15, 0.2) is 48.6 Å². The zero-order valence-electron chi connectivity index (χ0n) is 33.0. The Morgan fingerprint density at radius 3 is 1.96 bits per heavy atom. The van der Waals surface area contributed by atoms with Crippen LogP contribution < -0.4 is 5.32 Å². The molecule has 1 amide bonds. The van der Waals surface area contributed by atoms with Gasteiger partial charge in [0, 0.05) is 6.42 Å². The van der Waals surface area contributed by atoms with Gasteiger partial charge in [-0.05, 0) is 57.8 Å². The lowest BCUT2D eigenvalue weighted by molar-refractivity contribution is -0.870. The van der Waals surface area contributed by atoms with Crippen molar-refractivity contribution in [3.63, 3.8) is 0 Å². The van der Waals surface area contributed by atoms with Crippen molar-refractivity contribution in [2.45, 2.75) is 167 Å². The molecule has 0 aromatic rings. The van der Waals surface area contributed by atoms with Gasteiger partial charge in [0.15, 0.2) is 0 Å². The molecule has 1 aliphatic rings. The smallest absolute Gasteiger partial charge is 0.387 e. The Morgan fingerprint density at radius 1 is 0.765 bits per heavy atom. The molecule has 0 aliphatic carbocycles. The Morgan fingerprint density at radius 2 is 1.29 bits per heavy atom. The molecule has 296 valence electrons. The van der Waals surface area contributed by atoms with Crippen LogP contribution in [0.3, 0.4) is 0 Å². The van der Waals surface area contributed by atoms with Gasteiger partial charge in [-0.15, -0.1) is 0 Å². The molecular formula is C41H76N2O7P+. The molecule has 1 saturated heterocycles. The lowest BCUT2D eigenvalue weighted by atomic mass is 10.1. The van der Waals surface area contributed by atoms with Gasteiger partial charge in [-0.3, -0.25) is 13.8 Å². The van der Waals surface area contributed by atoms with Crippen molar-refractivity contribution in [3.8, 4) is 0 Å². The van der Waals surface area contributed by atoms with Crippen LogP contribution in [0.5, 0.6) is 0 Å². The molecule has 0 saturated carbocycles. The summed E-state index contributed by atoms with van der Waals surface area (Å²) in [5, 5.41) is 13.7. The van der Waals surface area contributed by atoms with Crippen molar-refractivity contribution < 1.29 is 37.6 Å². The van der Waals surface area contributed by atoms with Crippen molar-refractivity contribution in [2.24, 2.45) is 0 Å². The van der Waals surface area contributed by atoms with E-state index in [4.69, 9.17) is 13.8 Å². The number of ether oxygens (including phenoxy) is 1. The third-order valence-electron chi connectivity index (χ3n) is 8.95. The van der Waals surface area contributed by atoms with Gasteiger partial charge in [-0.1, -0.05) is 127 Å². The SMILES string of the molecule is CCCCC/C=C\C/C=C\CC1OC1C/C=C\CCCC(=O)N[C@@H](COP(=O)(O)OCC[N+](C)(C)C)[C@H](O)/C=C/CCCCCCCCCCC. The summed E-state index contributed by atoms with van der Waals surface area (Å²) in [4.78, 5) is 23.0. The second kappa shape index (κ2) is 29.8. The summed E-state index contributed by atoms with van der Waals surface area (Å²) in [5.74, 6) is -0.240. The van der Waals surface area contributed by atoms with Crippen LogP contribution in [-0.4, -0.2) is 85.6 Å². The number of amides is 1. The summed E-state index contributed by atoms with van der Waals surface area (Å²) >= 11 is 0. The molecule has 0 aromatic heterocycles. The van der Waals surface area contributed by atoms with E-state index in [0.717, 1.165) is 44.9 Å². The zero-order chi connectivity index (χ0) is 37.6. The molecule has 10 heteroatoms. The predicted octanol–water partition coefficient (Wildman–Crippen LogP) is 9.51. The lowest BCUT2D eigenvalue weighted by Crippen LogP contribution is -2.45. The first-order valence-electron chi connectivity index (χ1n) is 20.1. The summed E-state index contributed by atoms with van der Waals surface area (Å²) < 4.78 is 29.2. The maximum atomic E-state index is 12.8. The van der Waals surface area contributed by atoms with Crippen molar-refractivity contribution in [2.75, 3.05) is 40.9 Å². The Kier molecular flexibility index (Phi) is 27.7. The van der Waals surface area contributed by atoms with Gasteiger partial charge >= 0.3 is 7.82 Å². The van der Waals surface area contributed by atoms with Crippen molar-refractivity contribution in [1.82, 2.24) is 5.32 Å². The molecule has 0 radical (unpaired) electrons. The molecular weight excluding hydrogens is 663 g/mol. The number of hydrogen-bond acceptors (Lipinski definition) is 6. The first-order valence-corrected chi connectivity index (χ1v) is 21.6. The number of hydrogen-bond donors (Lipinski definition) is 3. The highest BCUT2D eigenvalue weighted by molar-refractivity contribution is 7.47. The number of carbonyl (C=O) groups is 1. The molecule has 0 bridgehead atoms. The summed E-state index contributed by atoms with van der Waals surface area (Å²) in [6.45, 7) is 4.68. The number of rotatable bonds is 34. The number of phosphoric ester groups is 1. The molecule has 0 aromatic carbocycles. The number of unbranched alkanes of at least 4 members (excludes halogenated alkanes) is 13. The number of nitrogens with one attached hydrogen (secondary N) is 1. The number of aliphatic hydroxyl groups is 1. The van der Waals surface area contributed by atoms with E-state index < -0.39 is 20.0 Å². The molecule has 3 unspecified atom stereocenters. The van der Waals surface area contributed by atoms with Crippen LogP contribution in [0.2, 0.25) is 0 Å². The number of phosphoric acid groups is 1. The standard InChI is InChI=1S/C41H75N2O7P/c1-6-8-10-12-14-16-17-19-20-22-26-30-38(44)37(36-49-51(46,47)48-35-34-43(3,4)5)42-41(45)33-29-25-24-28-32-40-39(50-40)31-27-23-21-18-15-13-11-9-7-2/h15,18,23-24,26-28,30,37-40,44H,6-14,16-17,19-22,25,29,31-36H2,1-5H3,(H-,42,45,46,47)/p+1/b18-15-,27-23-,28-24-,30-26+/t37-,38+,39?,40?/m0/s1. The van der Waals surface area contributed by atoms with Crippen molar-refractivity contribution in [1.29, 1.82) is 0 Å². The van der Waals surface area contributed by atoms with Crippen molar-refractivity contribution in [3.05, 3.63) is 48.6 Å². The second-order valence-corrected chi connectivity index (χ2v) is 16.5. The average Bonchev–Trinajstić information content (AvgIpc) is 3.83. The Bertz CT molecular complexity index is 1040. The van der Waals surface area contributed by atoms with Gasteiger partial charge in [-0.2, -0.15) is 0 Å². The van der Waals surface area contributed by atoms with Crippen LogP contribution in [0, 0.1) is 0 Å². The van der Waals surface area contributed by atoms with E-state index in [2.05, 4.69) is 55.6 Å². The molecule has 0 spiro atoms. The van der Waals surface area contributed by atoms with Crippen LogP contribution in [0.4, 0.5) is 0 Å². The van der Waals surface area contributed by atoms with Gasteiger partial charge < -0.3 is 24.5 Å². The van der Waals surface area contributed by atoms with Crippen LogP contribution >= 0.6 is 7.82 Å². The fourth-order valence-electron chi connectivity index (χ4n) is 5.54. The highest BCUT2D eigenvalue weighted by atomic mass is 31.2. The number of allylic oxidation sites excluding steroid dienone is 5. The molecule has 51 heavy (non-hydrogen) atoms. The summed E-state index contributed by atoms with van der Waals surface area (Å²) in [6, 6.07) is -0.880. The van der Waals surface area contributed by atoms with E-state index in [1.165, 1.54) is 70.6 Å². The molecule has 9 nitrogen and oxygen atoms in total. The third kappa shape index (κ3) is 29.6. The third-order valence-corrected chi connectivity index (χ3v) is 9.93. The van der Waals surface area contributed by atoms with Crippen molar-refractivity contribution >= 4 is 13.7 Å². The molecule has 1 aliphatic heterocycles. The predicted molar refractivity (Wildman–Crippen MR) is 211 cm³/mol. The number of likely N-dealkylation sites (N-methyl/N-ethyl adjacent to an activating group) is 1. The van der Waals surface area contributed by atoms with Gasteiger partial charge in [0.25, 0.3) is 0 Å². The average molecular weight is 740 g/mol. The van der Waals surface area contributed by atoms with E-state index in [9.17, 15) is 19.4 Å². The normalized spacial score (nSPS) is 19.0. The first-order chi connectivity index (χ1) is 24.5. The molecule has 1 heterocycles. The Balaban J connectivity index is 2.42. The van der Waals surface area contributed by atoms with E-state index in [-0.39, 0.29) is 31.6 Å². The molecule has 3 N–H and O–H groups in total. The topological polar surface area (TPSA) is 118 Å². The van der Waals surface area contributed by atoms with Gasteiger partial charge in [-0.25, -0.2) is 4.57 Å². The molecule has 5 atom stereocenters. The first kappa shape index (κ1) is 47.4. The summed E-state index contributed by atoms with van der Waals surface area (Å²) in [7, 11) is 1.52. The quantitative estimate of drug-likeness (QED) is 0.0198. The second-order valence-electron chi connectivity index (χ2n) is 15.0. The Labute approximate surface area is 312 Å². The van der Waals surface area contributed by atoms with E-state index >= 15 is 0 Å². The zero-order valence-corrected chi connectivity index (χ0v) is 33.9. The number of nitrogens with zero attached hydrogens (tertiary/aromatic N) is 1. The number of quaternary nitrogens is 1. The Hall–Kier alpha value is -1.58. The fourth-order valence-corrected chi connectivity index (χ4v) is 6.28. The van der Waals surface area contributed by atoms with E-state index in [0.29, 0.717) is 23.6 Å². The highest BCUT2D eigenvalue weighted by Gasteiger charge is 2.36. The number of epoxide rings is 1. The number of aliphatic hydroxyl groups excluding tert-OH is 1. The largest absolute Gasteiger partial charge is 0.472 e. The van der Waals surface area contributed by atoms with Crippen LogP contribution in [0.1, 0.15) is 142 Å². The van der Waals surface area contributed by atoms with Gasteiger partial charge in [0.05, 0.1) is 52.1 Å². The van der Waals surface area contributed by atoms with Crippen LogP contribution in [0.25, 0.3) is 0 Å². The maximum absolute atomic E-state index is 12.8. The summed E-state index contributed by atoms with van der Waals surface area (Å²) in [6.07, 6.45) is 37.7. The fraction of sp³-hybridized carbons (Fsp3) is 0.780. The lowest BCUT2D eigenvalue weighted by Gasteiger charge is -2.25. The minimum absolute atomic E-state index is 0.0463. The van der Waals surface area contributed by atoms with E-state index in [1.807, 2.05) is 27.2 Å². The molecule has 1 fully saturated rings. The van der Waals surface area contributed by atoms with Gasteiger partial charge in [0.2, 0.25) is 5.91 Å². The molecule has 1 rings (SSSR count). The summed E-state index contributed by atoms with van der Waals surface area (Å²) in [5.41, 5.74) is 0. The van der Waals surface area contributed by atoms with E-state index in [1.54, 1.807) is 6.08 Å². The monoisotopic (exact) mass is 740 g/mol. The highest BCUT2D eigenvalue weighted by Crippen LogP contribution is 2.43. The van der Waals surface area contributed by atoms with Gasteiger partial charge in [0.1, 0.15) is 13.2 Å². The van der Waals surface area contributed by atoms with Crippen LogP contribution in [-0.2, 0) is 23.1 Å². The minimum atomic E-state index is -4.35. The minimum Gasteiger partial charge on any atom is -0.387 e.